The molecule has 0 bridgehead atoms. The zero-order valence-corrected chi connectivity index (χ0v) is 15.9. The van der Waals surface area contributed by atoms with E-state index in [1.807, 2.05) is 0 Å². The average Bonchev–Trinajstić information content (AvgIpc) is 2.12. The summed E-state index contributed by atoms with van der Waals surface area (Å²) in [4.78, 5) is 0. The fourth-order valence-corrected chi connectivity index (χ4v) is 3.36. The van der Waals surface area contributed by atoms with Crippen molar-refractivity contribution in [2.24, 2.45) is 0 Å². The summed E-state index contributed by atoms with van der Waals surface area (Å²) in [5.41, 5.74) is 3.44. The lowest BCUT2D eigenvalue weighted by molar-refractivity contribution is 0.181. The van der Waals surface area contributed by atoms with Crippen LogP contribution in [-0.2, 0) is 4.43 Å². The average molecular weight is 285 g/mol. The van der Waals surface area contributed by atoms with Crippen molar-refractivity contribution in [1.82, 2.24) is 0 Å². The zero-order valence-electron chi connectivity index (χ0n) is 13.9. The van der Waals surface area contributed by atoms with Crippen LogP contribution in [0.15, 0.2) is 0 Å². The van der Waals surface area contributed by atoms with E-state index in [1.54, 1.807) is 0 Å². The Morgan fingerprint density at radius 3 is 1.89 bits per heavy atom. The number of rotatable bonds is 4. The van der Waals surface area contributed by atoms with E-state index in [2.05, 4.69) is 71.9 Å². The summed E-state index contributed by atoms with van der Waals surface area (Å²) in [6, 6.07) is 0. The van der Waals surface area contributed by atoms with Gasteiger partial charge in [-0.25, -0.2) is 0 Å². The van der Waals surface area contributed by atoms with Gasteiger partial charge in [-0.2, -0.15) is 0 Å². The minimum absolute atomic E-state index is 0.284. The Kier molecular flexibility index (Phi) is 6.39. The largest absolute Gasteiger partial charge is 0.413 e. The predicted octanol–water partition coefficient (Wildman–Crippen LogP) is 5.06. The highest BCUT2D eigenvalue weighted by Gasteiger charge is 2.38. The van der Waals surface area contributed by atoms with Gasteiger partial charge >= 0.3 is 0 Å². The van der Waals surface area contributed by atoms with E-state index in [0.29, 0.717) is 6.10 Å². The maximum Gasteiger partial charge on any atom is 0.192 e. The molecule has 0 heterocycles. The van der Waals surface area contributed by atoms with Crippen molar-refractivity contribution < 1.29 is 4.43 Å². The fourth-order valence-electron chi connectivity index (χ4n) is 1.29. The van der Waals surface area contributed by atoms with Gasteiger partial charge in [0, 0.05) is 6.42 Å². The van der Waals surface area contributed by atoms with Gasteiger partial charge in [0.1, 0.15) is 8.07 Å². The highest BCUT2D eigenvalue weighted by molar-refractivity contribution is 6.83. The van der Waals surface area contributed by atoms with Crippen LogP contribution in [0, 0.1) is 11.5 Å². The summed E-state index contributed by atoms with van der Waals surface area (Å²) in [5, 5.41) is 0.284. The van der Waals surface area contributed by atoms with Gasteiger partial charge in [-0.1, -0.05) is 47.3 Å². The molecule has 0 fully saturated rings. The third-order valence-corrected chi connectivity index (χ3v) is 8.98. The molecule has 0 amide bonds. The van der Waals surface area contributed by atoms with Crippen LogP contribution in [0.2, 0.25) is 37.8 Å². The van der Waals surface area contributed by atoms with E-state index in [1.165, 1.54) is 0 Å². The normalized spacial score (nSPS) is 14.9. The van der Waals surface area contributed by atoms with E-state index < -0.39 is 16.4 Å². The molecule has 0 spiro atoms. The number of hydrogen-bond donors (Lipinski definition) is 0. The molecule has 0 saturated carbocycles. The van der Waals surface area contributed by atoms with Crippen molar-refractivity contribution in [1.29, 1.82) is 0 Å². The third kappa shape index (κ3) is 6.77. The molecule has 18 heavy (non-hydrogen) atoms. The topological polar surface area (TPSA) is 9.23 Å². The molecule has 0 aliphatic rings. The SMILES string of the molecule is CC[C@@H](CC#C[Si](C)(C)C)O[Si](C)(C)C(C)(C)C. The van der Waals surface area contributed by atoms with E-state index >= 15 is 0 Å². The third-order valence-electron chi connectivity index (χ3n) is 3.52. The smallest absolute Gasteiger partial charge is 0.192 e. The lowest BCUT2D eigenvalue weighted by Crippen LogP contribution is -2.43. The standard InChI is InChI=1S/C15H32OSi2/c1-10-14(12-11-13-17(5,6)7)16-18(8,9)15(2,3)4/h14H,10,12H2,1-9H3/t14-/m0/s1. The van der Waals surface area contributed by atoms with Gasteiger partial charge in [-0.15, -0.1) is 11.5 Å². The molecule has 0 unspecified atom stereocenters. The van der Waals surface area contributed by atoms with E-state index in [0.717, 1.165) is 12.8 Å². The Morgan fingerprint density at radius 2 is 1.56 bits per heavy atom. The van der Waals surface area contributed by atoms with Crippen LogP contribution in [0.25, 0.3) is 0 Å². The maximum atomic E-state index is 6.42. The van der Waals surface area contributed by atoms with E-state index in [9.17, 15) is 0 Å². The minimum atomic E-state index is -1.64. The highest BCUT2D eigenvalue weighted by Crippen LogP contribution is 2.37. The van der Waals surface area contributed by atoms with Crippen LogP contribution in [0.1, 0.15) is 40.5 Å². The molecule has 0 aliphatic heterocycles. The molecular weight excluding hydrogens is 252 g/mol. The van der Waals surface area contributed by atoms with E-state index in [4.69, 9.17) is 4.43 Å². The number of hydrogen-bond acceptors (Lipinski definition) is 1. The lowest BCUT2D eigenvalue weighted by Gasteiger charge is -2.38. The lowest BCUT2D eigenvalue weighted by atomic mass is 10.2. The van der Waals surface area contributed by atoms with Crippen LogP contribution in [0.4, 0.5) is 0 Å². The fraction of sp³-hybridized carbons (Fsp3) is 0.867. The molecule has 106 valence electrons. The van der Waals surface area contributed by atoms with Crippen molar-refractivity contribution in [2.75, 3.05) is 0 Å². The summed E-state index contributed by atoms with van der Waals surface area (Å²) in [6.45, 7) is 20.6. The van der Waals surface area contributed by atoms with Gasteiger partial charge in [-0.05, 0) is 24.6 Å². The van der Waals surface area contributed by atoms with Crippen LogP contribution in [0.5, 0.6) is 0 Å². The molecule has 3 heteroatoms. The molecule has 0 N–H and O–H groups in total. The summed E-state index contributed by atoms with van der Waals surface area (Å²) in [5.74, 6) is 3.36. The van der Waals surface area contributed by atoms with Gasteiger partial charge < -0.3 is 4.43 Å². The molecule has 1 nitrogen and oxygen atoms in total. The molecule has 0 radical (unpaired) electrons. The molecule has 1 atom stereocenters. The summed E-state index contributed by atoms with van der Waals surface area (Å²) in [7, 11) is -2.88. The molecule has 0 saturated heterocycles. The van der Waals surface area contributed by atoms with Crippen molar-refractivity contribution in [3.05, 3.63) is 0 Å². The first-order chi connectivity index (χ1) is 7.89. The Labute approximate surface area is 117 Å². The second kappa shape index (κ2) is 6.41. The van der Waals surface area contributed by atoms with Gasteiger partial charge in [0.2, 0.25) is 0 Å². The highest BCUT2D eigenvalue weighted by atomic mass is 28.4. The van der Waals surface area contributed by atoms with Crippen molar-refractivity contribution in [2.45, 2.75) is 84.4 Å². The van der Waals surface area contributed by atoms with Gasteiger partial charge in [-0.3, -0.25) is 0 Å². The first-order valence-electron chi connectivity index (χ1n) is 7.07. The molecule has 0 rings (SSSR count). The zero-order chi connectivity index (χ0) is 14.6. The van der Waals surface area contributed by atoms with Crippen LogP contribution >= 0.6 is 0 Å². The first kappa shape index (κ1) is 18.0. The Hall–Kier alpha value is -0.0462. The molecule has 0 aromatic heterocycles. The van der Waals surface area contributed by atoms with Crippen molar-refractivity contribution in [3.8, 4) is 11.5 Å². The summed E-state index contributed by atoms with van der Waals surface area (Å²) in [6.07, 6.45) is 2.27. The van der Waals surface area contributed by atoms with Gasteiger partial charge in [0.05, 0.1) is 6.10 Å². The maximum absolute atomic E-state index is 6.42. The second-order valence-electron chi connectivity index (χ2n) is 7.66. The predicted molar refractivity (Wildman–Crippen MR) is 88.1 cm³/mol. The second-order valence-corrected chi connectivity index (χ2v) is 17.2. The Morgan fingerprint density at radius 1 is 1.06 bits per heavy atom. The van der Waals surface area contributed by atoms with Crippen LogP contribution in [0.3, 0.4) is 0 Å². The summed E-state index contributed by atoms with van der Waals surface area (Å²) < 4.78 is 6.42. The molecular formula is C15H32OSi2. The van der Waals surface area contributed by atoms with Crippen LogP contribution < -0.4 is 0 Å². The quantitative estimate of drug-likeness (QED) is 0.518. The molecule has 0 aromatic carbocycles. The van der Waals surface area contributed by atoms with Gasteiger partial charge in [0.25, 0.3) is 0 Å². The Balaban J connectivity index is 4.58. The molecule has 0 aliphatic carbocycles. The van der Waals surface area contributed by atoms with Crippen molar-refractivity contribution >= 4 is 16.4 Å². The summed E-state index contributed by atoms with van der Waals surface area (Å²) >= 11 is 0. The van der Waals surface area contributed by atoms with E-state index in [-0.39, 0.29) is 5.04 Å². The monoisotopic (exact) mass is 284 g/mol. The van der Waals surface area contributed by atoms with Crippen molar-refractivity contribution in [3.63, 3.8) is 0 Å². The molecule has 0 aromatic rings. The minimum Gasteiger partial charge on any atom is -0.413 e. The first-order valence-corrected chi connectivity index (χ1v) is 13.5. The van der Waals surface area contributed by atoms with Gasteiger partial charge in [0.15, 0.2) is 8.32 Å². The van der Waals surface area contributed by atoms with Crippen LogP contribution in [-0.4, -0.2) is 22.5 Å². The Bertz CT molecular complexity index is 310.